The van der Waals surface area contributed by atoms with Crippen LogP contribution in [0.25, 0.3) is 60.6 Å². The first-order chi connectivity index (χ1) is 17.4. The SMILES string of the molecule is c1ccc2c(c1)Cc1c-2c2c(c3c1c1cnccc1n1c4ccccc4nc31)Cc1ccccc1-2. The molecule has 3 aromatic heterocycles. The number of aromatic nitrogens is 3. The van der Waals surface area contributed by atoms with Crippen LogP contribution in [0.5, 0.6) is 0 Å². The quantitative estimate of drug-likeness (QED) is 0.229. The van der Waals surface area contributed by atoms with E-state index in [2.05, 4.69) is 94.4 Å². The zero-order valence-electron chi connectivity index (χ0n) is 18.9. The van der Waals surface area contributed by atoms with Crippen LogP contribution in [-0.4, -0.2) is 14.4 Å². The molecule has 4 aromatic carbocycles. The third-order valence-corrected chi connectivity index (χ3v) is 8.11. The molecule has 0 N–H and O–H groups in total. The Hall–Kier alpha value is -4.50. The van der Waals surface area contributed by atoms with Gasteiger partial charge in [0.05, 0.1) is 16.6 Å². The minimum atomic E-state index is 0.933. The predicted octanol–water partition coefficient (Wildman–Crippen LogP) is 7.33. The Kier molecular flexibility index (Phi) is 3.14. The number of pyridine rings is 2. The molecule has 3 heteroatoms. The van der Waals surface area contributed by atoms with Crippen molar-refractivity contribution in [2.45, 2.75) is 12.8 Å². The summed E-state index contributed by atoms with van der Waals surface area (Å²) in [7, 11) is 0. The van der Waals surface area contributed by atoms with Gasteiger partial charge in [-0.1, -0.05) is 60.7 Å². The third-order valence-electron chi connectivity index (χ3n) is 8.11. The lowest BCUT2D eigenvalue weighted by molar-refractivity contribution is 1.24. The van der Waals surface area contributed by atoms with Crippen molar-refractivity contribution in [3.63, 3.8) is 0 Å². The fraction of sp³-hybridized carbons (Fsp3) is 0.0625. The Morgan fingerprint density at radius 2 is 1.29 bits per heavy atom. The Bertz CT molecular complexity index is 2060. The second kappa shape index (κ2) is 6.13. The Labute approximate surface area is 201 Å². The van der Waals surface area contributed by atoms with Gasteiger partial charge in [-0.3, -0.25) is 9.38 Å². The molecule has 9 rings (SSSR count). The number of benzene rings is 4. The van der Waals surface area contributed by atoms with Gasteiger partial charge in [0, 0.05) is 28.6 Å². The van der Waals surface area contributed by atoms with Crippen molar-refractivity contribution in [3.8, 4) is 22.3 Å². The first kappa shape index (κ1) is 17.9. The first-order valence-corrected chi connectivity index (χ1v) is 12.2. The van der Waals surface area contributed by atoms with E-state index in [1.165, 1.54) is 66.2 Å². The second-order valence-electron chi connectivity index (χ2n) is 9.78. The van der Waals surface area contributed by atoms with E-state index in [4.69, 9.17) is 4.98 Å². The molecular weight excluding hydrogens is 426 g/mol. The summed E-state index contributed by atoms with van der Waals surface area (Å²) in [5.41, 5.74) is 15.6. The van der Waals surface area contributed by atoms with Crippen LogP contribution in [0.3, 0.4) is 0 Å². The average Bonchev–Trinajstić information content (AvgIpc) is 3.59. The summed E-state index contributed by atoms with van der Waals surface area (Å²) in [4.78, 5) is 9.86. The van der Waals surface area contributed by atoms with Gasteiger partial charge in [0.25, 0.3) is 0 Å². The summed E-state index contributed by atoms with van der Waals surface area (Å²) < 4.78 is 2.35. The van der Waals surface area contributed by atoms with Crippen molar-refractivity contribution in [1.29, 1.82) is 0 Å². The van der Waals surface area contributed by atoms with Crippen LogP contribution in [0.2, 0.25) is 0 Å². The Morgan fingerprint density at radius 3 is 2.06 bits per heavy atom. The highest BCUT2D eigenvalue weighted by atomic mass is 15.0. The maximum atomic E-state index is 5.25. The van der Waals surface area contributed by atoms with Gasteiger partial charge in [-0.05, 0) is 75.5 Å². The summed E-state index contributed by atoms with van der Waals surface area (Å²) in [6, 6.07) is 28.5. The maximum Gasteiger partial charge on any atom is 0.146 e. The van der Waals surface area contributed by atoms with Crippen LogP contribution in [0.1, 0.15) is 22.3 Å². The van der Waals surface area contributed by atoms with Gasteiger partial charge < -0.3 is 0 Å². The van der Waals surface area contributed by atoms with Crippen molar-refractivity contribution in [3.05, 3.63) is 114 Å². The largest absolute Gasteiger partial charge is 0.292 e. The first-order valence-electron chi connectivity index (χ1n) is 12.2. The number of imidazole rings is 1. The van der Waals surface area contributed by atoms with E-state index < -0.39 is 0 Å². The van der Waals surface area contributed by atoms with Crippen LogP contribution >= 0.6 is 0 Å². The van der Waals surface area contributed by atoms with E-state index in [0.29, 0.717) is 0 Å². The smallest absolute Gasteiger partial charge is 0.146 e. The monoisotopic (exact) mass is 445 g/mol. The highest BCUT2D eigenvalue weighted by molar-refractivity contribution is 6.21. The Morgan fingerprint density at radius 1 is 0.629 bits per heavy atom. The van der Waals surface area contributed by atoms with Gasteiger partial charge in [-0.2, -0.15) is 0 Å². The summed E-state index contributed by atoms with van der Waals surface area (Å²) in [6.07, 6.45) is 5.84. The molecule has 0 atom stereocenters. The second-order valence-corrected chi connectivity index (χ2v) is 9.78. The number of hydrogen-bond acceptors (Lipinski definition) is 2. The number of para-hydroxylation sites is 2. The van der Waals surface area contributed by atoms with Crippen molar-refractivity contribution in [2.75, 3.05) is 0 Å². The zero-order chi connectivity index (χ0) is 22.7. The third kappa shape index (κ3) is 2.08. The Balaban J connectivity index is 1.62. The molecule has 2 aliphatic carbocycles. The topological polar surface area (TPSA) is 30.2 Å². The molecule has 0 aliphatic heterocycles. The van der Waals surface area contributed by atoms with Crippen molar-refractivity contribution in [2.24, 2.45) is 0 Å². The molecule has 162 valence electrons. The van der Waals surface area contributed by atoms with Crippen LogP contribution in [0.15, 0.2) is 91.3 Å². The molecule has 35 heavy (non-hydrogen) atoms. The standard InChI is InChI=1S/C32H19N3/c1-3-9-20-18(7-1)15-22-28(20)29-21-10-4-2-8-19(21)16-23(29)31-30(22)24-17-33-14-13-26(24)35-27-12-6-5-11-25(27)34-32(31)35/h1-14,17H,15-16H2. The summed E-state index contributed by atoms with van der Waals surface area (Å²) in [6.45, 7) is 0. The summed E-state index contributed by atoms with van der Waals surface area (Å²) in [5, 5.41) is 3.83. The lowest BCUT2D eigenvalue weighted by Gasteiger charge is -2.18. The van der Waals surface area contributed by atoms with Crippen LogP contribution < -0.4 is 0 Å². The van der Waals surface area contributed by atoms with E-state index >= 15 is 0 Å². The fourth-order valence-corrected chi connectivity index (χ4v) is 6.78. The highest BCUT2D eigenvalue weighted by Crippen LogP contribution is 2.54. The highest BCUT2D eigenvalue weighted by Gasteiger charge is 2.33. The van der Waals surface area contributed by atoms with Gasteiger partial charge in [-0.25, -0.2) is 4.98 Å². The van der Waals surface area contributed by atoms with E-state index in [1.54, 1.807) is 0 Å². The lowest BCUT2D eigenvalue weighted by atomic mass is 9.88. The zero-order valence-corrected chi connectivity index (χ0v) is 18.9. The van der Waals surface area contributed by atoms with E-state index in [-0.39, 0.29) is 0 Å². The predicted molar refractivity (Wildman–Crippen MR) is 142 cm³/mol. The molecule has 7 aromatic rings. The number of nitrogens with zero attached hydrogens (tertiary/aromatic N) is 3. The molecule has 0 fully saturated rings. The van der Waals surface area contributed by atoms with Crippen LogP contribution in [0.4, 0.5) is 0 Å². The number of fused-ring (bicyclic) bond motifs is 17. The van der Waals surface area contributed by atoms with Gasteiger partial charge >= 0.3 is 0 Å². The number of hydrogen-bond donors (Lipinski definition) is 0. The van der Waals surface area contributed by atoms with E-state index in [0.717, 1.165) is 29.5 Å². The molecule has 0 saturated carbocycles. The molecule has 0 spiro atoms. The van der Waals surface area contributed by atoms with E-state index in [9.17, 15) is 0 Å². The van der Waals surface area contributed by atoms with Gasteiger partial charge in [-0.15, -0.1) is 0 Å². The molecule has 3 nitrogen and oxygen atoms in total. The normalized spacial score (nSPS) is 13.5. The van der Waals surface area contributed by atoms with E-state index in [1.807, 2.05) is 6.20 Å². The molecule has 0 bridgehead atoms. The molecule has 0 saturated heterocycles. The molecule has 0 amide bonds. The molecule has 2 aliphatic rings. The summed E-state index contributed by atoms with van der Waals surface area (Å²) >= 11 is 0. The molecule has 3 heterocycles. The fourth-order valence-electron chi connectivity index (χ4n) is 6.78. The molecular formula is C32H19N3. The molecule has 0 unspecified atom stereocenters. The average molecular weight is 446 g/mol. The minimum absolute atomic E-state index is 0.933. The lowest BCUT2D eigenvalue weighted by Crippen LogP contribution is -1.99. The maximum absolute atomic E-state index is 5.25. The van der Waals surface area contributed by atoms with Gasteiger partial charge in [0.2, 0.25) is 0 Å². The molecule has 0 radical (unpaired) electrons. The van der Waals surface area contributed by atoms with Crippen LogP contribution in [-0.2, 0) is 12.8 Å². The van der Waals surface area contributed by atoms with Crippen molar-refractivity contribution >= 4 is 38.4 Å². The van der Waals surface area contributed by atoms with Gasteiger partial charge in [0.15, 0.2) is 0 Å². The van der Waals surface area contributed by atoms with Gasteiger partial charge in [0.1, 0.15) is 5.65 Å². The van der Waals surface area contributed by atoms with Crippen molar-refractivity contribution < 1.29 is 0 Å². The minimum Gasteiger partial charge on any atom is -0.292 e. The van der Waals surface area contributed by atoms with Crippen LogP contribution in [0, 0.1) is 0 Å². The number of rotatable bonds is 0. The summed E-state index contributed by atoms with van der Waals surface area (Å²) in [5.74, 6) is 0. The van der Waals surface area contributed by atoms with Crippen molar-refractivity contribution in [1.82, 2.24) is 14.4 Å².